The Kier molecular flexibility index (Phi) is 33.1. The minimum Gasteiger partial charge on any atom is -0.387 e. The maximum atomic E-state index is 12.8. The molecule has 50 heavy (non-hydrogen) atoms. The highest BCUT2D eigenvalue weighted by molar-refractivity contribution is 7.47. The van der Waals surface area contributed by atoms with Gasteiger partial charge in [-0.05, 0) is 38.5 Å². The summed E-state index contributed by atoms with van der Waals surface area (Å²) in [6, 6.07) is -0.846. The molecule has 0 bridgehead atoms. The SMILES string of the molecule is CCCC/C=C\CCCCCCCC(=O)NC(COP(=O)(O)OCC[N+](C)(C)C)C(O)/C=C/CCCCCCCCCCCCCCCCC. The maximum absolute atomic E-state index is 12.8. The van der Waals surface area contributed by atoms with Crippen molar-refractivity contribution >= 4 is 13.7 Å². The average Bonchev–Trinajstić information content (AvgIpc) is 3.06. The van der Waals surface area contributed by atoms with Crippen LogP contribution in [-0.2, 0) is 18.4 Å². The number of amides is 1. The van der Waals surface area contributed by atoms with Gasteiger partial charge in [0.15, 0.2) is 0 Å². The molecule has 0 aromatic rings. The van der Waals surface area contributed by atoms with E-state index in [1.807, 2.05) is 27.2 Å². The monoisotopic (exact) mass is 730 g/mol. The number of carbonyl (C=O) groups is 1. The molecule has 0 fully saturated rings. The number of aliphatic hydroxyl groups excluding tert-OH is 1. The number of unbranched alkanes of at least 4 members (excludes halogenated alkanes) is 22. The molecule has 0 saturated carbocycles. The van der Waals surface area contributed by atoms with Crippen LogP contribution in [0.15, 0.2) is 24.3 Å². The molecule has 0 spiro atoms. The van der Waals surface area contributed by atoms with Gasteiger partial charge in [0.25, 0.3) is 0 Å². The molecule has 0 aliphatic heterocycles. The molecule has 1 amide bonds. The summed E-state index contributed by atoms with van der Waals surface area (Å²) >= 11 is 0. The van der Waals surface area contributed by atoms with Gasteiger partial charge < -0.3 is 19.8 Å². The second-order valence-corrected chi connectivity index (χ2v) is 16.8. The van der Waals surface area contributed by atoms with Gasteiger partial charge in [0, 0.05) is 6.42 Å². The van der Waals surface area contributed by atoms with Crippen molar-refractivity contribution < 1.29 is 32.9 Å². The van der Waals surface area contributed by atoms with Gasteiger partial charge in [0.1, 0.15) is 13.2 Å². The third-order valence-electron chi connectivity index (χ3n) is 9.17. The molecule has 0 radical (unpaired) electrons. The molecule has 0 heterocycles. The largest absolute Gasteiger partial charge is 0.472 e. The summed E-state index contributed by atoms with van der Waals surface area (Å²) in [5.41, 5.74) is 0. The number of phosphoric acid groups is 1. The number of nitrogens with one attached hydrogen (secondary N) is 1. The Hall–Kier alpha value is -1.02. The Labute approximate surface area is 309 Å². The van der Waals surface area contributed by atoms with E-state index in [2.05, 4.69) is 31.3 Å². The van der Waals surface area contributed by atoms with Gasteiger partial charge in [-0.25, -0.2) is 4.57 Å². The molecule has 9 heteroatoms. The van der Waals surface area contributed by atoms with Crippen LogP contribution in [0.2, 0.25) is 0 Å². The molecular formula is C41H82N2O6P+. The molecule has 3 atom stereocenters. The molecule has 0 aliphatic rings. The van der Waals surface area contributed by atoms with Crippen LogP contribution < -0.4 is 5.32 Å². The van der Waals surface area contributed by atoms with E-state index in [9.17, 15) is 19.4 Å². The molecule has 0 rings (SSSR count). The van der Waals surface area contributed by atoms with Crippen LogP contribution in [0.4, 0.5) is 0 Å². The van der Waals surface area contributed by atoms with Crippen molar-refractivity contribution in [3.05, 3.63) is 24.3 Å². The number of hydrogen-bond acceptors (Lipinski definition) is 5. The maximum Gasteiger partial charge on any atom is 0.472 e. The van der Waals surface area contributed by atoms with Crippen LogP contribution in [0.3, 0.4) is 0 Å². The fraction of sp³-hybridized carbons (Fsp3) is 0.878. The molecule has 0 aromatic carbocycles. The lowest BCUT2D eigenvalue weighted by atomic mass is 10.0. The number of rotatable bonds is 37. The highest BCUT2D eigenvalue weighted by Crippen LogP contribution is 2.43. The predicted molar refractivity (Wildman–Crippen MR) is 212 cm³/mol. The second-order valence-electron chi connectivity index (χ2n) is 15.4. The summed E-state index contributed by atoms with van der Waals surface area (Å²) in [6.07, 6.45) is 38.1. The first-order valence-corrected chi connectivity index (χ1v) is 22.2. The number of quaternary nitrogens is 1. The number of hydrogen-bond donors (Lipinski definition) is 3. The second kappa shape index (κ2) is 33.8. The van der Waals surface area contributed by atoms with Gasteiger partial charge in [-0.1, -0.05) is 160 Å². The standard InChI is InChI=1S/C41H81N2O6P/c1-6-8-10-12-14-16-18-19-20-21-22-23-25-26-28-30-32-34-40(44)39(38-49-50(46,47)48-37-36-43(3,4)5)42-41(45)35-33-31-29-27-24-17-15-13-11-9-7-2/h13,15,32,34,39-40,44H,6-12,14,16-31,33,35-38H2,1-5H3,(H-,42,45,46,47)/p+1/b15-13-,34-32+. The molecule has 296 valence electrons. The summed E-state index contributed by atoms with van der Waals surface area (Å²) in [5.74, 6) is -0.189. The summed E-state index contributed by atoms with van der Waals surface area (Å²) in [6.45, 7) is 4.76. The van der Waals surface area contributed by atoms with Crippen LogP contribution in [0, 0.1) is 0 Å². The van der Waals surface area contributed by atoms with Crippen LogP contribution >= 0.6 is 7.82 Å². The van der Waals surface area contributed by atoms with Crippen molar-refractivity contribution in [3.8, 4) is 0 Å². The first kappa shape index (κ1) is 49.0. The van der Waals surface area contributed by atoms with E-state index in [-0.39, 0.29) is 19.1 Å². The van der Waals surface area contributed by atoms with Crippen molar-refractivity contribution in [1.82, 2.24) is 5.32 Å². The topological polar surface area (TPSA) is 105 Å². The average molecular weight is 730 g/mol. The van der Waals surface area contributed by atoms with Crippen molar-refractivity contribution in [2.45, 2.75) is 193 Å². The van der Waals surface area contributed by atoms with E-state index in [1.165, 1.54) is 109 Å². The molecule has 0 aliphatic carbocycles. The number of likely N-dealkylation sites (N-methyl/N-ethyl adjacent to an activating group) is 1. The van der Waals surface area contributed by atoms with Gasteiger partial charge in [0.2, 0.25) is 5.91 Å². The number of aliphatic hydroxyl groups is 1. The van der Waals surface area contributed by atoms with Crippen LogP contribution in [0.5, 0.6) is 0 Å². The Morgan fingerprint density at radius 2 is 1.10 bits per heavy atom. The summed E-state index contributed by atoms with van der Waals surface area (Å²) in [5, 5.41) is 13.8. The number of nitrogens with zero attached hydrogens (tertiary/aromatic N) is 1. The van der Waals surface area contributed by atoms with E-state index in [0.29, 0.717) is 17.4 Å². The Balaban J connectivity index is 4.46. The van der Waals surface area contributed by atoms with Crippen LogP contribution in [-0.4, -0.2) is 73.4 Å². The molecule has 0 aromatic heterocycles. The van der Waals surface area contributed by atoms with Gasteiger partial charge in [0.05, 0.1) is 39.9 Å². The number of allylic oxidation sites excluding steroid dienone is 3. The normalized spacial score (nSPS) is 14.8. The summed E-state index contributed by atoms with van der Waals surface area (Å²) < 4.78 is 23.5. The zero-order valence-corrected chi connectivity index (χ0v) is 34.3. The summed E-state index contributed by atoms with van der Waals surface area (Å²) in [7, 11) is 1.57. The van der Waals surface area contributed by atoms with Gasteiger partial charge in [-0.15, -0.1) is 0 Å². The fourth-order valence-electron chi connectivity index (χ4n) is 5.79. The fourth-order valence-corrected chi connectivity index (χ4v) is 6.52. The lowest BCUT2D eigenvalue weighted by molar-refractivity contribution is -0.870. The third kappa shape index (κ3) is 35.4. The lowest BCUT2D eigenvalue weighted by Gasteiger charge is -2.25. The van der Waals surface area contributed by atoms with E-state index in [0.717, 1.165) is 51.4 Å². The Morgan fingerprint density at radius 1 is 0.660 bits per heavy atom. The Morgan fingerprint density at radius 3 is 1.60 bits per heavy atom. The van der Waals surface area contributed by atoms with Crippen molar-refractivity contribution in [2.24, 2.45) is 0 Å². The van der Waals surface area contributed by atoms with Crippen LogP contribution in [0.1, 0.15) is 181 Å². The molecule has 3 N–H and O–H groups in total. The van der Waals surface area contributed by atoms with Crippen molar-refractivity contribution in [2.75, 3.05) is 40.9 Å². The quantitative estimate of drug-likeness (QED) is 0.0254. The molecule has 3 unspecified atom stereocenters. The first-order chi connectivity index (χ1) is 24.0. The zero-order valence-electron chi connectivity index (χ0n) is 33.4. The van der Waals surface area contributed by atoms with Crippen LogP contribution in [0.25, 0.3) is 0 Å². The van der Waals surface area contributed by atoms with Crippen molar-refractivity contribution in [1.29, 1.82) is 0 Å². The number of phosphoric ester groups is 1. The van der Waals surface area contributed by atoms with Gasteiger partial charge in [-0.3, -0.25) is 13.8 Å². The van der Waals surface area contributed by atoms with Gasteiger partial charge >= 0.3 is 7.82 Å². The van der Waals surface area contributed by atoms with E-state index in [1.54, 1.807) is 6.08 Å². The highest BCUT2D eigenvalue weighted by Gasteiger charge is 2.27. The molecule has 0 saturated heterocycles. The van der Waals surface area contributed by atoms with E-state index in [4.69, 9.17) is 9.05 Å². The van der Waals surface area contributed by atoms with E-state index < -0.39 is 20.0 Å². The minimum atomic E-state index is -4.33. The summed E-state index contributed by atoms with van der Waals surface area (Å²) in [4.78, 5) is 23.0. The predicted octanol–water partition coefficient (Wildman–Crippen LogP) is 11.0. The lowest BCUT2D eigenvalue weighted by Crippen LogP contribution is -2.45. The van der Waals surface area contributed by atoms with Gasteiger partial charge in [-0.2, -0.15) is 0 Å². The zero-order chi connectivity index (χ0) is 37.2. The third-order valence-corrected chi connectivity index (χ3v) is 10.1. The van der Waals surface area contributed by atoms with E-state index >= 15 is 0 Å². The first-order valence-electron chi connectivity index (χ1n) is 20.7. The van der Waals surface area contributed by atoms with Crippen molar-refractivity contribution in [3.63, 3.8) is 0 Å². The smallest absolute Gasteiger partial charge is 0.387 e. The molecule has 8 nitrogen and oxygen atoms in total. The molecular weight excluding hydrogens is 647 g/mol. The minimum absolute atomic E-state index is 0.0607. The highest BCUT2D eigenvalue weighted by atomic mass is 31.2. The Bertz CT molecular complexity index is 876. The number of carbonyl (C=O) groups excluding carboxylic acids is 1.